The second-order valence-corrected chi connectivity index (χ2v) is 3.55. The van der Waals surface area contributed by atoms with Gasteiger partial charge in [0.25, 0.3) is 0 Å². The minimum absolute atomic E-state index is 0.297. The molecule has 0 spiro atoms. The number of carboxylic acid groups (broad SMARTS) is 2. The van der Waals surface area contributed by atoms with E-state index < -0.39 is 24.0 Å². The molecule has 1 aliphatic carbocycles. The molecule has 0 aromatic rings. The van der Waals surface area contributed by atoms with Gasteiger partial charge in [0.2, 0.25) is 0 Å². The molecule has 6 heteroatoms. The molecule has 0 amide bonds. The molecule has 1 aliphatic rings. The average molecular weight is 216 g/mol. The van der Waals surface area contributed by atoms with Crippen LogP contribution in [0.4, 0.5) is 4.79 Å². The zero-order valence-electron chi connectivity index (χ0n) is 8.01. The van der Waals surface area contributed by atoms with Crippen molar-refractivity contribution in [1.29, 1.82) is 0 Å². The molecule has 1 rings (SSSR count). The van der Waals surface area contributed by atoms with Crippen molar-refractivity contribution in [2.24, 2.45) is 11.8 Å². The molecule has 0 heterocycles. The van der Waals surface area contributed by atoms with Crippen molar-refractivity contribution in [1.82, 2.24) is 0 Å². The number of carbonyl (C=O) groups excluding carboxylic acids is 1. The highest BCUT2D eigenvalue weighted by Gasteiger charge is 2.38. The first kappa shape index (κ1) is 11.5. The van der Waals surface area contributed by atoms with Gasteiger partial charge in [-0.2, -0.15) is 0 Å². The second kappa shape index (κ2) is 4.77. The standard InChI is InChI=1S/C9H12O6/c10-7(11)6(5-3-1-2-4-5)8(12)15-9(13)14/h5-6H,1-4H2,(H,10,11)(H,13,14). The number of aliphatic carboxylic acids is 1. The smallest absolute Gasteiger partial charge is 0.481 e. The Labute approximate surface area is 85.8 Å². The van der Waals surface area contributed by atoms with Crippen molar-refractivity contribution in [3.63, 3.8) is 0 Å². The van der Waals surface area contributed by atoms with Crippen LogP contribution in [-0.4, -0.2) is 28.3 Å². The highest BCUT2D eigenvalue weighted by atomic mass is 16.7. The summed E-state index contributed by atoms with van der Waals surface area (Å²) in [4.78, 5) is 32.1. The molecule has 0 radical (unpaired) electrons. The Morgan fingerprint density at radius 2 is 1.67 bits per heavy atom. The minimum atomic E-state index is -1.76. The molecule has 0 bridgehead atoms. The van der Waals surface area contributed by atoms with Crippen LogP contribution in [0.25, 0.3) is 0 Å². The van der Waals surface area contributed by atoms with Crippen molar-refractivity contribution in [2.45, 2.75) is 25.7 Å². The van der Waals surface area contributed by atoms with Gasteiger partial charge < -0.3 is 14.9 Å². The van der Waals surface area contributed by atoms with Crippen LogP contribution in [0.3, 0.4) is 0 Å². The van der Waals surface area contributed by atoms with Gasteiger partial charge in [-0.1, -0.05) is 12.8 Å². The Hall–Kier alpha value is -1.59. The third-order valence-corrected chi connectivity index (χ3v) is 2.58. The Morgan fingerprint density at radius 3 is 2.07 bits per heavy atom. The SMILES string of the molecule is O=C(O)OC(=O)C(C(=O)O)C1CCCC1. The molecule has 1 saturated carbocycles. The van der Waals surface area contributed by atoms with E-state index >= 15 is 0 Å². The molecule has 0 aliphatic heterocycles. The number of hydrogen-bond acceptors (Lipinski definition) is 4. The number of carboxylic acids is 1. The molecule has 2 N–H and O–H groups in total. The van der Waals surface area contributed by atoms with Crippen molar-refractivity contribution < 1.29 is 29.3 Å². The molecule has 0 saturated heterocycles. The van der Waals surface area contributed by atoms with Gasteiger partial charge in [-0.05, 0) is 18.8 Å². The Morgan fingerprint density at radius 1 is 1.13 bits per heavy atom. The van der Waals surface area contributed by atoms with Crippen LogP contribution in [-0.2, 0) is 14.3 Å². The van der Waals surface area contributed by atoms with Crippen LogP contribution in [0, 0.1) is 11.8 Å². The van der Waals surface area contributed by atoms with Gasteiger partial charge in [0.05, 0.1) is 0 Å². The quantitative estimate of drug-likeness (QED) is 0.541. The zero-order valence-corrected chi connectivity index (χ0v) is 8.01. The number of carbonyl (C=O) groups is 3. The number of esters is 1. The molecule has 0 aromatic carbocycles. The lowest BCUT2D eigenvalue weighted by Crippen LogP contribution is -2.32. The third-order valence-electron chi connectivity index (χ3n) is 2.58. The van der Waals surface area contributed by atoms with Gasteiger partial charge in [0.1, 0.15) is 0 Å². The first-order valence-corrected chi connectivity index (χ1v) is 4.70. The molecule has 1 fully saturated rings. The summed E-state index contributed by atoms with van der Waals surface area (Å²) in [5, 5.41) is 17.0. The Kier molecular flexibility index (Phi) is 3.65. The van der Waals surface area contributed by atoms with E-state index in [2.05, 4.69) is 4.74 Å². The van der Waals surface area contributed by atoms with E-state index in [9.17, 15) is 14.4 Å². The number of ether oxygens (including phenoxy) is 1. The lowest BCUT2D eigenvalue weighted by molar-refractivity contribution is -0.158. The van der Waals surface area contributed by atoms with Crippen LogP contribution in [0.1, 0.15) is 25.7 Å². The molecular formula is C9H12O6. The van der Waals surface area contributed by atoms with Gasteiger partial charge in [0.15, 0.2) is 5.92 Å². The fraction of sp³-hybridized carbons (Fsp3) is 0.667. The summed E-state index contributed by atoms with van der Waals surface area (Å²) < 4.78 is 3.88. The molecule has 15 heavy (non-hydrogen) atoms. The maximum absolute atomic E-state index is 11.2. The fourth-order valence-electron chi connectivity index (χ4n) is 1.94. The molecule has 1 unspecified atom stereocenters. The molecule has 0 aromatic heterocycles. The predicted molar refractivity (Wildman–Crippen MR) is 47.2 cm³/mol. The maximum Gasteiger partial charge on any atom is 0.513 e. The average Bonchev–Trinajstić information content (AvgIpc) is 2.54. The number of hydrogen-bond donors (Lipinski definition) is 2. The van der Waals surface area contributed by atoms with Crippen molar-refractivity contribution in [3.8, 4) is 0 Å². The van der Waals surface area contributed by atoms with Crippen molar-refractivity contribution >= 4 is 18.1 Å². The topological polar surface area (TPSA) is 101 Å². The van der Waals surface area contributed by atoms with E-state index in [1.807, 2.05) is 0 Å². The van der Waals surface area contributed by atoms with Crippen LogP contribution in [0.2, 0.25) is 0 Å². The highest BCUT2D eigenvalue weighted by molar-refractivity contribution is 5.97. The first-order valence-electron chi connectivity index (χ1n) is 4.70. The summed E-state index contributed by atoms with van der Waals surface area (Å²) in [5.74, 6) is -4.13. The van der Waals surface area contributed by atoms with E-state index in [0.717, 1.165) is 12.8 Å². The van der Waals surface area contributed by atoms with Gasteiger partial charge in [0, 0.05) is 0 Å². The summed E-state index contributed by atoms with van der Waals surface area (Å²) >= 11 is 0. The van der Waals surface area contributed by atoms with Crippen LogP contribution >= 0.6 is 0 Å². The summed E-state index contributed by atoms with van der Waals surface area (Å²) in [6, 6.07) is 0. The van der Waals surface area contributed by atoms with E-state index in [1.165, 1.54) is 0 Å². The van der Waals surface area contributed by atoms with E-state index in [-0.39, 0.29) is 5.92 Å². The first-order chi connectivity index (χ1) is 7.02. The summed E-state index contributed by atoms with van der Waals surface area (Å²) in [6.07, 6.45) is 1.24. The Bertz CT molecular complexity index is 278. The summed E-state index contributed by atoms with van der Waals surface area (Å²) in [6.45, 7) is 0. The van der Waals surface area contributed by atoms with Crippen LogP contribution in [0.15, 0.2) is 0 Å². The fourth-order valence-corrected chi connectivity index (χ4v) is 1.94. The normalized spacial score (nSPS) is 18.4. The monoisotopic (exact) mass is 216 g/mol. The predicted octanol–water partition coefficient (Wildman–Crippen LogP) is 1.10. The second-order valence-electron chi connectivity index (χ2n) is 3.55. The minimum Gasteiger partial charge on any atom is -0.481 e. The van der Waals surface area contributed by atoms with Crippen LogP contribution in [0.5, 0.6) is 0 Å². The van der Waals surface area contributed by atoms with Gasteiger partial charge in [-0.3, -0.25) is 9.59 Å². The van der Waals surface area contributed by atoms with E-state index in [1.54, 1.807) is 0 Å². The van der Waals surface area contributed by atoms with Gasteiger partial charge in [-0.15, -0.1) is 0 Å². The highest BCUT2D eigenvalue weighted by Crippen LogP contribution is 2.32. The van der Waals surface area contributed by atoms with Crippen molar-refractivity contribution in [3.05, 3.63) is 0 Å². The summed E-state index contributed by atoms with van der Waals surface area (Å²) in [5.41, 5.74) is 0. The lowest BCUT2D eigenvalue weighted by Gasteiger charge is -2.15. The molecule has 84 valence electrons. The third kappa shape index (κ3) is 2.93. The molecule has 6 nitrogen and oxygen atoms in total. The van der Waals surface area contributed by atoms with Gasteiger partial charge >= 0.3 is 18.1 Å². The van der Waals surface area contributed by atoms with Gasteiger partial charge in [-0.25, -0.2) is 4.79 Å². The van der Waals surface area contributed by atoms with E-state index in [4.69, 9.17) is 10.2 Å². The zero-order chi connectivity index (χ0) is 11.4. The molecular weight excluding hydrogens is 204 g/mol. The molecule has 1 atom stereocenters. The largest absolute Gasteiger partial charge is 0.513 e. The maximum atomic E-state index is 11.2. The van der Waals surface area contributed by atoms with E-state index in [0.29, 0.717) is 12.8 Å². The van der Waals surface area contributed by atoms with Crippen molar-refractivity contribution in [2.75, 3.05) is 0 Å². The summed E-state index contributed by atoms with van der Waals surface area (Å²) in [7, 11) is 0. The lowest BCUT2D eigenvalue weighted by atomic mass is 9.91. The Balaban J connectivity index is 2.68. The number of rotatable bonds is 3. The van der Waals surface area contributed by atoms with Crippen LogP contribution < -0.4 is 0 Å².